The van der Waals surface area contributed by atoms with Crippen molar-refractivity contribution in [1.29, 1.82) is 0 Å². The highest BCUT2D eigenvalue weighted by Gasteiger charge is 2.36. The Morgan fingerprint density at radius 1 is 1.39 bits per heavy atom. The molecule has 3 aromatic rings. The molecule has 4 rings (SSSR count). The molecule has 0 unspecified atom stereocenters. The Morgan fingerprint density at radius 3 is 2.89 bits per heavy atom. The number of hydrogen-bond acceptors (Lipinski definition) is 4. The van der Waals surface area contributed by atoms with E-state index in [1.165, 1.54) is 0 Å². The first-order chi connectivity index (χ1) is 13.3. The summed E-state index contributed by atoms with van der Waals surface area (Å²) >= 11 is 3.43. The van der Waals surface area contributed by atoms with E-state index in [1.807, 2.05) is 39.1 Å². The van der Waals surface area contributed by atoms with Gasteiger partial charge in [-0.3, -0.25) is 24.3 Å². The van der Waals surface area contributed by atoms with Crippen molar-refractivity contribution in [3.63, 3.8) is 0 Å². The topological polar surface area (TPSA) is 95.9 Å². The second-order valence-electron chi connectivity index (χ2n) is 7.13. The molecule has 1 aliphatic heterocycles. The molecule has 8 nitrogen and oxygen atoms in total. The maximum Gasteiger partial charge on any atom is 0.229 e. The lowest BCUT2D eigenvalue weighted by Crippen LogP contribution is -2.33. The smallest absolute Gasteiger partial charge is 0.229 e. The summed E-state index contributed by atoms with van der Waals surface area (Å²) in [5.74, 6) is -0.0416. The van der Waals surface area contributed by atoms with Gasteiger partial charge in [-0.15, -0.1) is 0 Å². The average Bonchev–Trinajstić information content (AvgIpc) is 3.30. The van der Waals surface area contributed by atoms with Crippen molar-refractivity contribution in [3.8, 4) is 0 Å². The Bertz CT molecular complexity index is 1090. The largest absolute Gasteiger partial charge is 0.352 e. The monoisotopic (exact) mass is 444 g/mol. The number of carbonyl (C=O) groups is 2. The Kier molecular flexibility index (Phi) is 4.70. The molecule has 3 heterocycles. The van der Waals surface area contributed by atoms with Crippen LogP contribution in [0, 0.1) is 19.8 Å². The van der Waals surface area contributed by atoms with Crippen LogP contribution in [0.2, 0.25) is 0 Å². The number of aryl methyl sites for hydroxylation is 2. The lowest BCUT2D eigenvalue weighted by molar-refractivity contribution is -0.126. The SMILES string of the molecule is Cc1nn(C)c(C)c1CNC(=O)[C@H]1CC(=O)N(c2n[nH]c3cc(Br)ccc23)C1. The van der Waals surface area contributed by atoms with E-state index in [9.17, 15) is 9.59 Å². The standard InChI is InChI=1S/C19H21BrN6O2/c1-10-15(11(2)25(3)24-10)8-21-19(28)12-6-17(27)26(9-12)18-14-5-4-13(20)7-16(14)22-23-18/h4-5,7,12H,6,8-9H2,1-3H3,(H,21,28)(H,22,23)/t12-/m0/s1. The van der Waals surface area contributed by atoms with E-state index in [0.717, 1.165) is 32.3 Å². The molecule has 0 saturated carbocycles. The molecule has 1 aliphatic rings. The predicted molar refractivity (Wildman–Crippen MR) is 109 cm³/mol. The zero-order chi connectivity index (χ0) is 20.0. The Labute approximate surface area is 170 Å². The van der Waals surface area contributed by atoms with E-state index in [2.05, 4.69) is 36.5 Å². The summed E-state index contributed by atoms with van der Waals surface area (Å²) < 4.78 is 2.74. The van der Waals surface area contributed by atoms with Crippen molar-refractivity contribution in [2.45, 2.75) is 26.8 Å². The lowest BCUT2D eigenvalue weighted by Gasteiger charge is -2.14. The van der Waals surface area contributed by atoms with Gasteiger partial charge in [0, 0.05) is 47.7 Å². The number of anilines is 1. The van der Waals surface area contributed by atoms with E-state index < -0.39 is 5.92 Å². The fourth-order valence-electron chi connectivity index (χ4n) is 3.66. The quantitative estimate of drug-likeness (QED) is 0.645. The summed E-state index contributed by atoms with van der Waals surface area (Å²) in [4.78, 5) is 26.8. The first kappa shape index (κ1) is 18.7. The molecule has 1 saturated heterocycles. The molecule has 1 fully saturated rings. The van der Waals surface area contributed by atoms with Gasteiger partial charge in [0.1, 0.15) is 0 Å². The number of aromatic nitrogens is 4. The number of nitrogens with zero attached hydrogens (tertiary/aromatic N) is 4. The van der Waals surface area contributed by atoms with Crippen molar-refractivity contribution >= 4 is 44.5 Å². The molecular formula is C19H21BrN6O2. The molecule has 1 aromatic carbocycles. The van der Waals surface area contributed by atoms with Gasteiger partial charge in [-0.1, -0.05) is 15.9 Å². The number of carbonyl (C=O) groups excluding carboxylic acids is 2. The van der Waals surface area contributed by atoms with Crippen LogP contribution in [0.1, 0.15) is 23.4 Å². The van der Waals surface area contributed by atoms with Crippen LogP contribution in [-0.2, 0) is 23.2 Å². The van der Waals surface area contributed by atoms with Gasteiger partial charge < -0.3 is 5.32 Å². The number of rotatable bonds is 4. The number of aromatic amines is 1. The summed E-state index contributed by atoms with van der Waals surface area (Å²) in [5, 5.41) is 15.4. The lowest BCUT2D eigenvalue weighted by atomic mass is 10.1. The second kappa shape index (κ2) is 7.05. The number of nitrogens with one attached hydrogen (secondary N) is 2. The van der Waals surface area contributed by atoms with Crippen LogP contribution in [-0.4, -0.2) is 38.3 Å². The number of halogens is 1. The van der Waals surface area contributed by atoms with Crippen LogP contribution in [0.25, 0.3) is 10.9 Å². The normalized spacial score (nSPS) is 16.9. The van der Waals surface area contributed by atoms with E-state index in [4.69, 9.17) is 0 Å². The third-order valence-electron chi connectivity index (χ3n) is 5.35. The molecule has 0 spiro atoms. The van der Waals surface area contributed by atoms with Crippen LogP contribution in [0.15, 0.2) is 22.7 Å². The molecule has 28 heavy (non-hydrogen) atoms. The van der Waals surface area contributed by atoms with E-state index in [1.54, 1.807) is 9.58 Å². The third kappa shape index (κ3) is 3.19. The fourth-order valence-corrected chi connectivity index (χ4v) is 4.03. The van der Waals surface area contributed by atoms with Gasteiger partial charge in [-0.05, 0) is 32.0 Å². The van der Waals surface area contributed by atoms with Crippen molar-refractivity contribution in [3.05, 3.63) is 39.6 Å². The van der Waals surface area contributed by atoms with Crippen molar-refractivity contribution in [1.82, 2.24) is 25.3 Å². The number of amides is 2. The van der Waals surface area contributed by atoms with Gasteiger partial charge in [0.25, 0.3) is 0 Å². The van der Waals surface area contributed by atoms with Gasteiger partial charge in [0.2, 0.25) is 11.8 Å². The van der Waals surface area contributed by atoms with E-state index in [0.29, 0.717) is 18.9 Å². The summed E-state index contributed by atoms with van der Waals surface area (Å²) in [7, 11) is 1.88. The minimum Gasteiger partial charge on any atom is -0.352 e. The average molecular weight is 445 g/mol. The second-order valence-corrected chi connectivity index (χ2v) is 8.05. The number of hydrogen-bond donors (Lipinski definition) is 2. The van der Waals surface area contributed by atoms with Gasteiger partial charge in [0.05, 0.1) is 17.1 Å². The van der Waals surface area contributed by atoms with Crippen LogP contribution >= 0.6 is 15.9 Å². The van der Waals surface area contributed by atoms with E-state index in [-0.39, 0.29) is 18.2 Å². The van der Waals surface area contributed by atoms with Crippen molar-refractivity contribution < 1.29 is 9.59 Å². The van der Waals surface area contributed by atoms with Gasteiger partial charge in [0.15, 0.2) is 5.82 Å². The molecule has 0 aliphatic carbocycles. The molecular weight excluding hydrogens is 424 g/mol. The molecule has 0 bridgehead atoms. The first-order valence-corrected chi connectivity index (χ1v) is 9.85. The van der Waals surface area contributed by atoms with Gasteiger partial charge in [-0.2, -0.15) is 10.2 Å². The minimum atomic E-state index is -0.396. The molecule has 1 atom stereocenters. The number of benzene rings is 1. The Hall–Kier alpha value is -2.68. The molecule has 146 valence electrons. The summed E-state index contributed by atoms with van der Waals surface area (Å²) in [6.45, 7) is 4.64. The highest BCUT2D eigenvalue weighted by atomic mass is 79.9. The Balaban J connectivity index is 1.47. The van der Waals surface area contributed by atoms with Crippen molar-refractivity contribution in [2.75, 3.05) is 11.4 Å². The van der Waals surface area contributed by atoms with Gasteiger partial charge >= 0.3 is 0 Å². The first-order valence-electron chi connectivity index (χ1n) is 9.06. The maximum absolute atomic E-state index is 12.7. The van der Waals surface area contributed by atoms with Crippen LogP contribution < -0.4 is 10.2 Å². The third-order valence-corrected chi connectivity index (χ3v) is 5.85. The van der Waals surface area contributed by atoms with Crippen LogP contribution in [0.4, 0.5) is 5.82 Å². The van der Waals surface area contributed by atoms with Crippen LogP contribution in [0.5, 0.6) is 0 Å². The minimum absolute atomic E-state index is 0.0924. The van der Waals surface area contributed by atoms with Crippen molar-refractivity contribution in [2.24, 2.45) is 13.0 Å². The molecule has 9 heteroatoms. The zero-order valence-electron chi connectivity index (χ0n) is 15.9. The van der Waals surface area contributed by atoms with Crippen LogP contribution in [0.3, 0.4) is 0 Å². The zero-order valence-corrected chi connectivity index (χ0v) is 17.5. The predicted octanol–water partition coefficient (Wildman–Crippen LogP) is 2.35. The van der Waals surface area contributed by atoms with Gasteiger partial charge in [-0.25, -0.2) is 0 Å². The van der Waals surface area contributed by atoms with E-state index >= 15 is 0 Å². The molecule has 0 radical (unpaired) electrons. The molecule has 2 N–H and O–H groups in total. The maximum atomic E-state index is 12.7. The molecule has 2 amide bonds. The number of H-pyrrole nitrogens is 1. The highest BCUT2D eigenvalue weighted by Crippen LogP contribution is 2.31. The summed E-state index contributed by atoms with van der Waals surface area (Å²) in [6.07, 6.45) is 0.182. The molecule has 2 aromatic heterocycles. The Morgan fingerprint density at radius 2 is 2.18 bits per heavy atom. The fraction of sp³-hybridized carbons (Fsp3) is 0.368. The highest BCUT2D eigenvalue weighted by molar-refractivity contribution is 9.10. The summed E-state index contributed by atoms with van der Waals surface area (Å²) in [5.41, 5.74) is 3.78. The summed E-state index contributed by atoms with van der Waals surface area (Å²) in [6, 6.07) is 5.73. The number of fused-ring (bicyclic) bond motifs is 1.